The van der Waals surface area contributed by atoms with Gasteiger partial charge in [0.25, 0.3) is 0 Å². The van der Waals surface area contributed by atoms with Crippen LogP contribution in [0.2, 0.25) is 0 Å². The summed E-state index contributed by atoms with van der Waals surface area (Å²) in [4.78, 5) is 21.7. The van der Waals surface area contributed by atoms with Gasteiger partial charge < -0.3 is 15.2 Å². The summed E-state index contributed by atoms with van der Waals surface area (Å²) in [7, 11) is 0. The van der Waals surface area contributed by atoms with Gasteiger partial charge in [-0.05, 0) is 38.8 Å². The first-order valence-corrected chi connectivity index (χ1v) is 8.40. The first kappa shape index (κ1) is 20.6. The van der Waals surface area contributed by atoms with Gasteiger partial charge in [0.15, 0.2) is 0 Å². The summed E-state index contributed by atoms with van der Waals surface area (Å²) in [5, 5.41) is 11.6. The van der Waals surface area contributed by atoms with E-state index in [9.17, 15) is 9.59 Å². The van der Waals surface area contributed by atoms with Crippen molar-refractivity contribution < 1.29 is 19.4 Å². The first-order valence-electron chi connectivity index (χ1n) is 8.40. The van der Waals surface area contributed by atoms with Crippen molar-refractivity contribution >= 4 is 11.9 Å². The Kier molecular flexibility index (Phi) is 15.0. The fourth-order valence-electron chi connectivity index (χ4n) is 1.94. The van der Waals surface area contributed by atoms with Crippen LogP contribution in [0.4, 0.5) is 0 Å². The summed E-state index contributed by atoms with van der Waals surface area (Å²) >= 11 is 0. The number of carbonyl (C=O) groups excluding carboxylic acids is 1. The average molecular weight is 313 g/mol. The summed E-state index contributed by atoms with van der Waals surface area (Å²) in [5.74, 6) is -0.952. The van der Waals surface area contributed by atoms with Gasteiger partial charge in [-0.2, -0.15) is 0 Å². The summed E-state index contributed by atoms with van der Waals surface area (Å²) < 4.78 is 5.10. The molecule has 0 aliphatic carbocycles. The largest absolute Gasteiger partial charge is 0.481 e. The second kappa shape index (κ2) is 16.0. The lowest BCUT2D eigenvalue weighted by atomic mass is 10.1. The Balaban J connectivity index is 3.29. The van der Waals surface area contributed by atoms with Crippen LogP contribution >= 0.6 is 0 Å². The molecule has 0 aromatic rings. The van der Waals surface area contributed by atoms with E-state index in [2.05, 4.69) is 18.3 Å². The van der Waals surface area contributed by atoms with E-state index < -0.39 is 5.97 Å². The van der Waals surface area contributed by atoms with Gasteiger partial charge in [-0.3, -0.25) is 9.59 Å². The minimum absolute atomic E-state index is 0.178. The quantitative estimate of drug-likeness (QED) is 0.276. The van der Waals surface area contributed by atoms with Gasteiger partial charge in [0.1, 0.15) is 6.61 Å². The molecule has 0 radical (unpaired) electrons. The molecule has 0 fully saturated rings. The summed E-state index contributed by atoms with van der Waals surface area (Å²) in [6, 6.07) is 0. The molecule has 128 valence electrons. The van der Waals surface area contributed by atoms with E-state index in [0.29, 0.717) is 39.0 Å². The van der Waals surface area contributed by atoms with Gasteiger partial charge in [0, 0.05) is 12.8 Å². The summed E-state index contributed by atoms with van der Waals surface area (Å²) in [6.45, 7) is 3.93. The van der Waals surface area contributed by atoms with Crippen molar-refractivity contribution in [2.75, 3.05) is 19.7 Å². The van der Waals surface area contributed by atoms with E-state index in [1.165, 1.54) is 25.7 Å². The lowest BCUT2D eigenvalue weighted by Gasteiger charge is -2.04. The van der Waals surface area contributed by atoms with Gasteiger partial charge in [0.2, 0.25) is 0 Å². The molecule has 0 saturated heterocycles. The Morgan fingerprint density at radius 1 is 1.00 bits per heavy atom. The number of unbranched alkanes of at least 4 members (excludes halogenated alkanes) is 4. The highest BCUT2D eigenvalue weighted by molar-refractivity contribution is 5.69. The second-order valence-corrected chi connectivity index (χ2v) is 5.35. The van der Waals surface area contributed by atoms with Crippen LogP contribution in [0.5, 0.6) is 0 Å². The van der Waals surface area contributed by atoms with Crippen LogP contribution in [0.3, 0.4) is 0 Å². The highest BCUT2D eigenvalue weighted by atomic mass is 16.5. The second-order valence-electron chi connectivity index (χ2n) is 5.35. The topological polar surface area (TPSA) is 75.6 Å². The lowest BCUT2D eigenvalue weighted by molar-refractivity contribution is -0.142. The monoisotopic (exact) mass is 313 g/mol. The third-order valence-corrected chi connectivity index (χ3v) is 3.21. The Morgan fingerprint density at radius 2 is 1.73 bits per heavy atom. The molecule has 0 amide bonds. The third-order valence-electron chi connectivity index (χ3n) is 3.21. The van der Waals surface area contributed by atoms with Gasteiger partial charge in [-0.25, -0.2) is 0 Å². The number of nitrogens with one attached hydrogen (secondary N) is 1. The zero-order chi connectivity index (χ0) is 16.5. The van der Waals surface area contributed by atoms with Crippen molar-refractivity contribution in [2.45, 2.75) is 64.7 Å². The fourth-order valence-corrected chi connectivity index (χ4v) is 1.94. The van der Waals surface area contributed by atoms with Crippen molar-refractivity contribution in [1.82, 2.24) is 5.32 Å². The normalized spacial score (nSPS) is 11.0. The number of esters is 1. The van der Waals surface area contributed by atoms with Crippen molar-refractivity contribution in [2.24, 2.45) is 0 Å². The molecule has 0 unspecified atom stereocenters. The Hall–Kier alpha value is -1.36. The lowest BCUT2D eigenvalue weighted by Crippen LogP contribution is -2.18. The zero-order valence-electron chi connectivity index (χ0n) is 13.8. The molecule has 0 atom stereocenters. The van der Waals surface area contributed by atoms with Gasteiger partial charge in [-0.1, -0.05) is 38.3 Å². The minimum atomic E-state index is -0.774. The molecule has 0 heterocycles. The molecule has 0 saturated carbocycles. The zero-order valence-corrected chi connectivity index (χ0v) is 13.8. The highest BCUT2D eigenvalue weighted by Crippen LogP contribution is 2.02. The molecule has 0 rings (SSSR count). The van der Waals surface area contributed by atoms with Gasteiger partial charge in [0.05, 0.1) is 0 Å². The number of carboxylic acids is 1. The number of carbonyl (C=O) groups is 2. The Bertz CT molecular complexity index is 316. The fraction of sp³-hybridized carbons (Fsp3) is 0.765. The molecule has 0 spiro atoms. The number of rotatable bonds is 15. The van der Waals surface area contributed by atoms with Gasteiger partial charge >= 0.3 is 11.9 Å². The maximum absolute atomic E-state index is 11.4. The van der Waals surface area contributed by atoms with E-state index in [0.717, 1.165) is 6.42 Å². The van der Waals surface area contributed by atoms with Crippen molar-refractivity contribution in [3.05, 3.63) is 12.2 Å². The maximum Gasteiger partial charge on any atom is 0.306 e. The van der Waals surface area contributed by atoms with E-state index in [1.807, 2.05) is 6.08 Å². The molecule has 0 bridgehead atoms. The van der Waals surface area contributed by atoms with E-state index in [4.69, 9.17) is 9.84 Å². The molecular formula is C17H31NO4. The number of hydrogen-bond donors (Lipinski definition) is 2. The third kappa shape index (κ3) is 16.7. The molecule has 0 aromatic carbocycles. The van der Waals surface area contributed by atoms with Crippen LogP contribution in [0.25, 0.3) is 0 Å². The number of carboxylic acid groups (broad SMARTS) is 1. The number of hydrogen-bond acceptors (Lipinski definition) is 4. The molecule has 22 heavy (non-hydrogen) atoms. The molecule has 0 aliphatic heterocycles. The Labute approximate surface area is 134 Å². The van der Waals surface area contributed by atoms with Crippen LogP contribution in [-0.2, 0) is 14.3 Å². The molecule has 0 aliphatic rings. The van der Waals surface area contributed by atoms with E-state index >= 15 is 0 Å². The van der Waals surface area contributed by atoms with Crippen LogP contribution < -0.4 is 5.32 Å². The van der Waals surface area contributed by atoms with Crippen LogP contribution in [0.1, 0.15) is 64.7 Å². The standard InChI is InChI=1S/C17H31NO4/c1-2-3-4-5-6-7-8-15-22-17(21)12-10-14-18-13-9-11-16(19)20/h7-8,18H,2-6,9-15H2,1H3,(H,19,20). The van der Waals surface area contributed by atoms with Crippen molar-refractivity contribution in [3.63, 3.8) is 0 Å². The van der Waals surface area contributed by atoms with Crippen LogP contribution in [-0.4, -0.2) is 36.7 Å². The van der Waals surface area contributed by atoms with Crippen molar-refractivity contribution in [1.29, 1.82) is 0 Å². The SMILES string of the molecule is CCCCCCC=CCOC(=O)CCCNCCCC(=O)O. The number of ether oxygens (including phenoxy) is 1. The molecule has 2 N–H and O–H groups in total. The van der Waals surface area contributed by atoms with Crippen LogP contribution in [0.15, 0.2) is 12.2 Å². The van der Waals surface area contributed by atoms with E-state index in [1.54, 1.807) is 0 Å². The summed E-state index contributed by atoms with van der Waals surface area (Å²) in [5.41, 5.74) is 0. The predicted molar refractivity (Wildman–Crippen MR) is 87.8 cm³/mol. The molecular weight excluding hydrogens is 282 g/mol. The Morgan fingerprint density at radius 3 is 2.41 bits per heavy atom. The molecule has 5 nitrogen and oxygen atoms in total. The number of allylic oxidation sites excluding steroid dienone is 1. The van der Waals surface area contributed by atoms with Gasteiger partial charge in [-0.15, -0.1) is 0 Å². The van der Waals surface area contributed by atoms with Crippen LogP contribution in [0, 0.1) is 0 Å². The smallest absolute Gasteiger partial charge is 0.306 e. The maximum atomic E-state index is 11.4. The minimum Gasteiger partial charge on any atom is -0.481 e. The number of aliphatic carboxylic acids is 1. The average Bonchev–Trinajstić information content (AvgIpc) is 2.48. The molecule has 5 heteroatoms. The first-order chi connectivity index (χ1) is 10.7. The van der Waals surface area contributed by atoms with Crippen molar-refractivity contribution in [3.8, 4) is 0 Å². The van der Waals surface area contributed by atoms with E-state index in [-0.39, 0.29) is 12.4 Å². The summed E-state index contributed by atoms with van der Waals surface area (Å²) in [6.07, 6.45) is 11.9. The highest BCUT2D eigenvalue weighted by Gasteiger charge is 2.01. The predicted octanol–water partition coefficient (Wildman–Crippen LogP) is 3.29. The molecule has 0 aromatic heterocycles.